The molecule has 3 nitrogen and oxygen atoms in total. The minimum atomic E-state index is -0.339. The summed E-state index contributed by atoms with van der Waals surface area (Å²) in [5.74, 6) is 0.156. The lowest BCUT2D eigenvalue weighted by Gasteiger charge is -1.92. The van der Waals surface area contributed by atoms with Gasteiger partial charge in [0.2, 0.25) is 0 Å². The van der Waals surface area contributed by atoms with Crippen LogP contribution in [0.1, 0.15) is 0 Å². The first-order chi connectivity index (χ1) is 5.66. The summed E-state index contributed by atoms with van der Waals surface area (Å²) in [5.41, 5.74) is 0.559. The van der Waals surface area contributed by atoms with Crippen molar-refractivity contribution in [1.82, 2.24) is 0 Å². The summed E-state index contributed by atoms with van der Waals surface area (Å²) in [6.07, 6.45) is 0. The number of fused-ring (bicyclic) bond motifs is 1. The van der Waals surface area contributed by atoms with Gasteiger partial charge in [-0.3, -0.25) is 0 Å². The SMILES string of the molecule is O=c1oc2c(I)cc(O)cc2s1. The molecule has 1 aromatic heterocycles. The molecule has 0 spiro atoms. The zero-order valence-electron chi connectivity index (χ0n) is 5.70. The van der Waals surface area contributed by atoms with Gasteiger partial charge in [0.05, 0.1) is 8.27 Å². The number of rotatable bonds is 0. The Labute approximate surface area is 84.8 Å². The quantitative estimate of drug-likeness (QED) is 0.758. The van der Waals surface area contributed by atoms with Crippen molar-refractivity contribution >= 4 is 44.2 Å². The second-order valence-electron chi connectivity index (χ2n) is 2.21. The Morgan fingerprint density at radius 1 is 1.50 bits per heavy atom. The highest BCUT2D eigenvalue weighted by molar-refractivity contribution is 14.1. The predicted molar refractivity (Wildman–Crippen MR) is 54.7 cm³/mol. The largest absolute Gasteiger partial charge is 0.508 e. The zero-order valence-corrected chi connectivity index (χ0v) is 8.68. The van der Waals surface area contributed by atoms with Gasteiger partial charge in [0.1, 0.15) is 5.75 Å². The molecule has 0 aliphatic carbocycles. The number of phenolic OH excluding ortho intramolecular Hbond substituents is 1. The van der Waals surface area contributed by atoms with Crippen LogP contribution < -0.4 is 4.94 Å². The third kappa shape index (κ3) is 1.22. The molecule has 12 heavy (non-hydrogen) atoms. The molecule has 1 aromatic carbocycles. The molecule has 0 aliphatic rings. The first-order valence-electron chi connectivity index (χ1n) is 3.09. The van der Waals surface area contributed by atoms with Gasteiger partial charge in [-0.25, -0.2) is 4.79 Å². The second-order valence-corrected chi connectivity index (χ2v) is 4.35. The molecule has 0 saturated heterocycles. The van der Waals surface area contributed by atoms with Crippen molar-refractivity contribution in [2.24, 2.45) is 0 Å². The van der Waals surface area contributed by atoms with Gasteiger partial charge in [-0.05, 0) is 28.7 Å². The number of hydrogen-bond donors (Lipinski definition) is 1. The average Bonchev–Trinajstić information content (AvgIpc) is 2.29. The number of halogens is 1. The molecule has 0 fully saturated rings. The smallest absolute Gasteiger partial charge is 0.396 e. The summed E-state index contributed by atoms with van der Waals surface area (Å²) >= 11 is 3.00. The minimum Gasteiger partial charge on any atom is -0.508 e. The Bertz CT molecular complexity index is 485. The van der Waals surface area contributed by atoms with Crippen molar-refractivity contribution in [1.29, 1.82) is 0 Å². The fraction of sp³-hybridized carbons (Fsp3) is 0. The van der Waals surface area contributed by atoms with E-state index in [0.29, 0.717) is 10.3 Å². The highest BCUT2D eigenvalue weighted by Crippen LogP contribution is 2.27. The van der Waals surface area contributed by atoms with Crippen LogP contribution in [0.5, 0.6) is 5.75 Å². The molecule has 0 saturated carbocycles. The van der Waals surface area contributed by atoms with Crippen LogP contribution in [0.25, 0.3) is 10.3 Å². The molecule has 0 aliphatic heterocycles. The van der Waals surface area contributed by atoms with E-state index in [9.17, 15) is 9.90 Å². The lowest BCUT2D eigenvalue weighted by atomic mass is 10.3. The molecule has 62 valence electrons. The number of phenols is 1. The van der Waals surface area contributed by atoms with E-state index in [1.807, 2.05) is 22.6 Å². The Balaban J connectivity index is 2.97. The van der Waals surface area contributed by atoms with Gasteiger partial charge < -0.3 is 9.52 Å². The predicted octanol–water partition coefficient (Wildman–Crippen LogP) is 2.16. The second kappa shape index (κ2) is 2.74. The van der Waals surface area contributed by atoms with E-state index in [4.69, 9.17) is 4.42 Å². The monoisotopic (exact) mass is 294 g/mol. The van der Waals surface area contributed by atoms with E-state index in [1.54, 1.807) is 6.07 Å². The summed E-state index contributed by atoms with van der Waals surface area (Å²) in [6.45, 7) is 0. The summed E-state index contributed by atoms with van der Waals surface area (Å²) in [4.78, 5) is 10.5. The maximum Gasteiger partial charge on any atom is 0.396 e. The molecule has 2 rings (SSSR count). The molecule has 1 heterocycles. The molecular formula is C7H3IO3S. The van der Waals surface area contributed by atoms with Crippen LogP contribution in [0.2, 0.25) is 0 Å². The topological polar surface area (TPSA) is 50.4 Å². The van der Waals surface area contributed by atoms with Crippen LogP contribution in [0.3, 0.4) is 0 Å². The first-order valence-corrected chi connectivity index (χ1v) is 4.98. The van der Waals surface area contributed by atoms with E-state index < -0.39 is 0 Å². The first kappa shape index (κ1) is 8.06. The summed E-state index contributed by atoms with van der Waals surface area (Å²) < 4.78 is 6.33. The standard InChI is InChI=1S/C7H3IO3S/c8-4-1-3(9)2-5-6(4)11-7(10)12-5/h1-2,9H. The van der Waals surface area contributed by atoms with Crippen LogP contribution in [0.15, 0.2) is 21.3 Å². The van der Waals surface area contributed by atoms with E-state index >= 15 is 0 Å². The number of benzene rings is 1. The van der Waals surface area contributed by atoms with Crippen molar-refractivity contribution in [3.05, 3.63) is 25.4 Å². The summed E-state index contributed by atoms with van der Waals surface area (Å²) in [7, 11) is 0. The van der Waals surface area contributed by atoms with Gasteiger partial charge in [-0.1, -0.05) is 11.3 Å². The highest BCUT2D eigenvalue weighted by atomic mass is 127. The van der Waals surface area contributed by atoms with Crippen molar-refractivity contribution in [2.75, 3.05) is 0 Å². The Morgan fingerprint density at radius 3 is 3.00 bits per heavy atom. The van der Waals surface area contributed by atoms with E-state index in [2.05, 4.69) is 0 Å². The normalized spacial score (nSPS) is 10.8. The summed E-state index contributed by atoms with van der Waals surface area (Å²) in [5, 5.41) is 9.18. The van der Waals surface area contributed by atoms with Crippen LogP contribution in [-0.4, -0.2) is 5.11 Å². The molecule has 2 aromatic rings. The third-order valence-electron chi connectivity index (χ3n) is 1.37. The van der Waals surface area contributed by atoms with Crippen LogP contribution >= 0.6 is 33.9 Å². The molecule has 5 heteroatoms. The molecule has 0 unspecified atom stereocenters. The Kier molecular flexibility index (Phi) is 1.84. The van der Waals surface area contributed by atoms with E-state index in [0.717, 1.165) is 14.9 Å². The molecule has 0 bridgehead atoms. The van der Waals surface area contributed by atoms with Crippen molar-refractivity contribution in [3.8, 4) is 5.75 Å². The maximum absolute atomic E-state index is 10.8. The highest BCUT2D eigenvalue weighted by Gasteiger charge is 2.06. The van der Waals surface area contributed by atoms with E-state index in [1.165, 1.54) is 6.07 Å². The Morgan fingerprint density at radius 2 is 2.25 bits per heavy atom. The molecule has 0 atom stereocenters. The summed E-state index contributed by atoms with van der Waals surface area (Å²) in [6, 6.07) is 3.08. The van der Waals surface area contributed by atoms with Gasteiger partial charge in [0, 0.05) is 6.07 Å². The van der Waals surface area contributed by atoms with Crippen LogP contribution in [-0.2, 0) is 0 Å². The average molecular weight is 294 g/mol. The fourth-order valence-corrected chi connectivity index (χ4v) is 2.55. The van der Waals surface area contributed by atoms with E-state index in [-0.39, 0.29) is 10.7 Å². The van der Waals surface area contributed by atoms with Crippen molar-refractivity contribution in [3.63, 3.8) is 0 Å². The maximum atomic E-state index is 10.8. The van der Waals surface area contributed by atoms with Gasteiger partial charge in [0.25, 0.3) is 0 Å². The van der Waals surface area contributed by atoms with Gasteiger partial charge >= 0.3 is 4.94 Å². The fourth-order valence-electron chi connectivity index (χ4n) is 0.923. The molecular weight excluding hydrogens is 291 g/mol. The Hall–Kier alpha value is -0.560. The minimum absolute atomic E-state index is 0.156. The number of aromatic hydroxyl groups is 1. The molecule has 0 amide bonds. The van der Waals surface area contributed by atoms with Crippen molar-refractivity contribution in [2.45, 2.75) is 0 Å². The molecule has 1 N–H and O–H groups in total. The van der Waals surface area contributed by atoms with Crippen LogP contribution in [0.4, 0.5) is 0 Å². The lowest BCUT2D eigenvalue weighted by Crippen LogP contribution is -1.80. The molecule has 0 radical (unpaired) electrons. The van der Waals surface area contributed by atoms with Crippen LogP contribution in [0, 0.1) is 3.57 Å². The van der Waals surface area contributed by atoms with Gasteiger partial charge in [-0.2, -0.15) is 0 Å². The van der Waals surface area contributed by atoms with Gasteiger partial charge in [-0.15, -0.1) is 0 Å². The van der Waals surface area contributed by atoms with Gasteiger partial charge in [0.15, 0.2) is 5.58 Å². The number of hydrogen-bond acceptors (Lipinski definition) is 4. The third-order valence-corrected chi connectivity index (χ3v) is 2.95. The zero-order chi connectivity index (χ0) is 8.72. The lowest BCUT2D eigenvalue weighted by molar-refractivity contribution is 0.475. The van der Waals surface area contributed by atoms with Crippen molar-refractivity contribution < 1.29 is 9.52 Å².